The monoisotopic (exact) mass is 327 g/mol. The first-order valence-electron chi connectivity index (χ1n) is 8.04. The lowest BCUT2D eigenvalue weighted by molar-refractivity contribution is -0.149. The number of carbonyl (C=O) groups is 2. The molecule has 1 aromatic carbocycles. The third-order valence-electron chi connectivity index (χ3n) is 4.67. The van der Waals surface area contributed by atoms with Crippen LogP contribution in [0.4, 0.5) is 5.69 Å². The molecule has 0 aliphatic carbocycles. The minimum atomic E-state index is -0.814. The largest absolute Gasteiger partial charge is 0.480 e. The third kappa shape index (κ3) is 3.10. The molecule has 126 valence electrons. The van der Waals surface area contributed by atoms with Crippen molar-refractivity contribution in [3.8, 4) is 0 Å². The molecule has 0 radical (unpaired) electrons. The highest BCUT2D eigenvalue weighted by atomic mass is 16.4. The molecule has 2 aromatic rings. The van der Waals surface area contributed by atoms with Crippen molar-refractivity contribution in [2.45, 2.75) is 38.8 Å². The molecule has 6 nitrogen and oxygen atoms in total. The van der Waals surface area contributed by atoms with Crippen LogP contribution in [0.2, 0.25) is 0 Å². The summed E-state index contributed by atoms with van der Waals surface area (Å²) in [5.74, 6) is -0.887. The molecular formula is C18H21N3O3. The Morgan fingerprint density at radius 3 is 2.83 bits per heavy atom. The molecule has 0 unspecified atom stereocenters. The number of likely N-dealkylation sites (tertiary alicyclic amines) is 1. The highest BCUT2D eigenvalue weighted by Gasteiger charge is 2.43. The number of nitrogens with zero attached hydrogens (tertiary/aromatic N) is 2. The van der Waals surface area contributed by atoms with E-state index < -0.39 is 11.5 Å². The highest BCUT2D eigenvalue weighted by Crippen LogP contribution is 2.30. The number of carbonyl (C=O) groups excluding carboxylic acids is 1. The molecule has 1 aromatic heterocycles. The molecule has 0 saturated carbocycles. The van der Waals surface area contributed by atoms with Gasteiger partial charge in [-0.1, -0.05) is 6.07 Å². The Morgan fingerprint density at radius 2 is 2.12 bits per heavy atom. The molecule has 24 heavy (non-hydrogen) atoms. The molecule has 6 heteroatoms. The van der Waals surface area contributed by atoms with Crippen LogP contribution in [0, 0.1) is 0 Å². The van der Waals surface area contributed by atoms with Gasteiger partial charge >= 0.3 is 5.97 Å². The van der Waals surface area contributed by atoms with Crippen LogP contribution in [0.15, 0.2) is 30.3 Å². The Balaban J connectivity index is 1.83. The van der Waals surface area contributed by atoms with Gasteiger partial charge in [-0.3, -0.25) is 19.5 Å². The average Bonchev–Trinajstić information content (AvgIpc) is 2.89. The van der Waals surface area contributed by atoms with Gasteiger partial charge in [0.15, 0.2) is 0 Å². The number of carboxylic acid groups (broad SMARTS) is 1. The van der Waals surface area contributed by atoms with Gasteiger partial charge in [0.2, 0.25) is 5.91 Å². The quantitative estimate of drug-likeness (QED) is 0.902. The first-order valence-corrected chi connectivity index (χ1v) is 8.04. The number of hydrogen-bond acceptors (Lipinski definition) is 4. The van der Waals surface area contributed by atoms with Crippen LogP contribution in [0.1, 0.15) is 32.4 Å². The average molecular weight is 327 g/mol. The maximum atomic E-state index is 11.6. The number of aliphatic carboxylic acids is 1. The third-order valence-corrected chi connectivity index (χ3v) is 4.67. The van der Waals surface area contributed by atoms with Crippen LogP contribution in [-0.4, -0.2) is 39.0 Å². The minimum absolute atomic E-state index is 0.110. The SMILES string of the molecule is CC(=O)Nc1ccc2nc(CN3CCC[C@@]3(C)C(=O)O)ccc2c1. The molecule has 1 saturated heterocycles. The summed E-state index contributed by atoms with van der Waals surface area (Å²) < 4.78 is 0. The predicted molar refractivity (Wildman–Crippen MR) is 91.7 cm³/mol. The van der Waals surface area contributed by atoms with Crippen molar-refractivity contribution in [3.05, 3.63) is 36.0 Å². The summed E-state index contributed by atoms with van der Waals surface area (Å²) in [6.45, 7) is 4.54. The molecule has 1 atom stereocenters. The highest BCUT2D eigenvalue weighted by molar-refractivity contribution is 5.92. The lowest BCUT2D eigenvalue weighted by atomic mass is 9.99. The van der Waals surface area contributed by atoms with Crippen molar-refractivity contribution in [1.82, 2.24) is 9.88 Å². The van der Waals surface area contributed by atoms with Crippen LogP contribution < -0.4 is 5.32 Å². The molecule has 0 spiro atoms. The smallest absolute Gasteiger partial charge is 0.323 e. The maximum Gasteiger partial charge on any atom is 0.323 e. The lowest BCUT2D eigenvalue weighted by Gasteiger charge is -2.30. The van der Waals surface area contributed by atoms with Gasteiger partial charge in [0.25, 0.3) is 0 Å². The molecule has 2 heterocycles. The first-order chi connectivity index (χ1) is 11.4. The van der Waals surface area contributed by atoms with E-state index in [2.05, 4.69) is 10.3 Å². The van der Waals surface area contributed by atoms with E-state index >= 15 is 0 Å². The fourth-order valence-corrected chi connectivity index (χ4v) is 3.25. The van der Waals surface area contributed by atoms with E-state index in [4.69, 9.17) is 0 Å². The Morgan fingerprint density at radius 1 is 1.33 bits per heavy atom. The van der Waals surface area contributed by atoms with E-state index in [1.54, 1.807) is 6.92 Å². The van der Waals surface area contributed by atoms with E-state index in [1.807, 2.05) is 35.2 Å². The number of anilines is 1. The molecule has 1 amide bonds. The number of hydrogen-bond donors (Lipinski definition) is 2. The number of nitrogens with one attached hydrogen (secondary N) is 1. The Labute approximate surface area is 140 Å². The van der Waals surface area contributed by atoms with Gasteiger partial charge in [-0.05, 0) is 50.6 Å². The van der Waals surface area contributed by atoms with Gasteiger partial charge in [-0.2, -0.15) is 0 Å². The summed E-state index contributed by atoms with van der Waals surface area (Å²) in [5.41, 5.74) is 1.61. The van der Waals surface area contributed by atoms with Crippen LogP contribution in [0.3, 0.4) is 0 Å². The van der Waals surface area contributed by atoms with E-state index in [1.165, 1.54) is 6.92 Å². The zero-order valence-corrected chi connectivity index (χ0v) is 13.9. The Hall–Kier alpha value is -2.47. The van der Waals surface area contributed by atoms with Gasteiger partial charge in [0, 0.05) is 24.5 Å². The second kappa shape index (κ2) is 6.20. The van der Waals surface area contributed by atoms with Crippen LogP contribution in [-0.2, 0) is 16.1 Å². The number of aromatic nitrogens is 1. The fourth-order valence-electron chi connectivity index (χ4n) is 3.25. The van der Waals surface area contributed by atoms with Crippen molar-refractivity contribution in [1.29, 1.82) is 0 Å². The normalized spacial score (nSPS) is 21.1. The van der Waals surface area contributed by atoms with E-state index in [9.17, 15) is 14.7 Å². The predicted octanol–water partition coefficient (Wildman–Crippen LogP) is 2.63. The molecule has 1 aliphatic heterocycles. The summed E-state index contributed by atoms with van der Waals surface area (Å²) in [6, 6.07) is 9.44. The van der Waals surface area contributed by atoms with Gasteiger partial charge < -0.3 is 10.4 Å². The Kier molecular flexibility index (Phi) is 4.24. The second-order valence-corrected chi connectivity index (χ2v) is 6.50. The standard InChI is InChI=1S/C18H21N3O3/c1-12(22)19-14-6-7-16-13(10-14)4-5-15(20-16)11-21-9-3-8-18(21,2)17(23)24/h4-7,10H,3,8-9,11H2,1-2H3,(H,19,22)(H,23,24)/t18-/m0/s1. The van der Waals surface area contributed by atoms with E-state index in [0.717, 1.165) is 35.2 Å². The number of carboxylic acids is 1. The summed E-state index contributed by atoms with van der Waals surface area (Å²) >= 11 is 0. The lowest BCUT2D eigenvalue weighted by Crippen LogP contribution is -2.47. The molecule has 2 N–H and O–H groups in total. The fraction of sp³-hybridized carbons (Fsp3) is 0.389. The molecule has 3 rings (SSSR count). The Bertz CT molecular complexity index is 805. The number of rotatable bonds is 4. The van der Waals surface area contributed by atoms with Crippen molar-refractivity contribution in [2.75, 3.05) is 11.9 Å². The molecule has 0 bridgehead atoms. The van der Waals surface area contributed by atoms with Gasteiger partial charge in [-0.15, -0.1) is 0 Å². The molecule has 1 fully saturated rings. The van der Waals surface area contributed by atoms with Crippen LogP contribution >= 0.6 is 0 Å². The van der Waals surface area contributed by atoms with Crippen LogP contribution in [0.25, 0.3) is 10.9 Å². The van der Waals surface area contributed by atoms with Crippen molar-refractivity contribution < 1.29 is 14.7 Å². The minimum Gasteiger partial charge on any atom is -0.480 e. The van der Waals surface area contributed by atoms with Crippen molar-refractivity contribution >= 4 is 28.5 Å². The van der Waals surface area contributed by atoms with Crippen molar-refractivity contribution in [2.24, 2.45) is 0 Å². The molecule has 1 aliphatic rings. The molecular weight excluding hydrogens is 306 g/mol. The zero-order chi connectivity index (χ0) is 17.3. The topological polar surface area (TPSA) is 82.5 Å². The number of pyridine rings is 1. The van der Waals surface area contributed by atoms with Gasteiger partial charge in [-0.25, -0.2) is 0 Å². The summed E-state index contributed by atoms with van der Waals surface area (Å²) in [5, 5.41) is 13.2. The zero-order valence-electron chi connectivity index (χ0n) is 13.9. The summed E-state index contributed by atoms with van der Waals surface area (Å²) in [6.07, 6.45) is 1.55. The van der Waals surface area contributed by atoms with E-state index in [-0.39, 0.29) is 5.91 Å². The number of benzene rings is 1. The number of fused-ring (bicyclic) bond motifs is 1. The second-order valence-electron chi connectivity index (χ2n) is 6.50. The van der Waals surface area contributed by atoms with Crippen molar-refractivity contribution in [3.63, 3.8) is 0 Å². The summed E-state index contributed by atoms with van der Waals surface area (Å²) in [7, 11) is 0. The van der Waals surface area contributed by atoms with Gasteiger partial charge in [0.05, 0.1) is 11.2 Å². The van der Waals surface area contributed by atoms with Gasteiger partial charge in [0.1, 0.15) is 5.54 Å². The first kappa shape index (κ1) is 16.4. The van der Waals surface area contributed by atoms with E-state index in [0.29, 0.717) is 13.0 Å². The summed E-state index contributed by atoms with van der Waals surface area (Å²) in [4.78, 5) is 29.3. The number of amides is 1. The maximum absolute atomic E-state index is 11.6. The van der Waals surface area contributed by atoms with Crippen LogP contribution in [0.5, 0.6) is 0 Å².